The molecule has 1 heterocycles. The summed E-state index contributed by atoms with van der Waals surface area (Å²) >= 11 is 0. The van der Waals surface area contributed by atoms with E-state index >= 15 is 0 Å². The van der Waals surface area contributed by atoms with E-state index in [0.29, 0.717) is 5.92 Å². The molecule has 0 spiro atoms. The van der Waals surface area contributed by atoms with Crippen LogP contribution in [0.2, 0.25) is 0 Å². The predicted molar refractivity (Wildman–Crippen MR) is 114 cm³/mol. The fourth-order valence-electron chi connectivity index (χ4n) is 3.31. The van der Waals surface area contributed by atoms with Gasteiger partial charge in [0, 0.05) is 24.3 Å². The Balaban J connectivity index is 1.72. The lowest BCUT2D eigenvalue weighted by molar-refractivity contribution is -0.122. The van der Waals surface area contributed by atoms with Gasteiger partial charge in [-0.25, -0.2) is 12.8 Å². The lowest BCUT2D eigenvalue weighted by Crippen LogP contribution is -2.28. The summed E-state index contributed by atoms with van der Waals surface area (Å²) in [4.78, 5) is 26.8. The van der Waals surface area contributed by atoms with Crippen molar-refractivity contribution >= 4 is 38.9 Å². The van der Waals surface area contributed by atoms with Gasteiger partial charge in [0.05, 0.1) is 17.9 Å². The largest absolute Gasteiger partial charge is 0.326 e. The number of sulfonamides is 1. The van der Waals surface area contributed by atoms with E-state index in [4.69, 9.17) is 0 Å². The Morgan fingerprint density at radius 3 is 2.60 bits per heavy atom. The van der Waals surface area contributed by atoms with Crippen LogP contribution in [-0.4, -0.2) is 33.0 Å². The molecule has 30 heavy (non-hydrogen) atoms. The third-order valence-electron chi connectivity index (χ3n) is 4.87. The molecule has 1 saturated heterocycles. The Kier molecular flexibility index (Phi) is 6.12. The Hall–Kier alpha value is -2.94. The Morgan fingerprint density at radius 1 is 1.20 bits per heavy atom. The van der Waals surface area contributed by atoms with Crippen LogP contribution in [0.15, 0.2) is 42.5 Å². The van der Waals surface area contributed by atoms with Crippen LogP contribution in [0.25, 0.3) is 0 Å². The van der Waals surface area contributed by atoms with E-state index in [1.54, 1.807) is 4.90 Å². The van der Waals surface area contributed by atoms with Crippen LogP contribution in [0.5, 0.6) is 0 Å². The summed E-state index contributed by atoms with van der Waals surface area (Å²) in [5.41, 5.74) is 1.83. The van der Waals surface area contributed by atoms with Crippen LogP contribution < -0.4 is 14.9 Å². The number of carbonyl (C=O) groups excluding carboxylic acids is 2. The second kappa shape index (κ2) is 8.43. The first-order valence-electron chi connectivity index (χ1n) is 9.52. The van der Waals surface area contributed by atoms with Gasteiger partial charge in [-0.3, -0.25) is 14.3 Å². The summed E-state index contributed by atoms with van der Waals surface area (Å²) in [5.74, 6) is -1.55. The zero-order valence-electron chi connectivity index (χ0n) is 17.0. The second-order valence-electron chi connectivity index (χ2n) is 7.71. The van der Waals surface area contributed by atoms with E-state index in [1.807, 2.05) is 24.3 Å². The van der Waals surface area contributed by atoms with Gasteiger partial charge >= 0.3 is 0 Å². The lowest BCUT2D eigenvalue weighted by Gasteiger charge is -2.18. The van der Waals surface area contributed by atoms with Crippen molar-refractivity contribution in [2.24, 2.45) is 5.92 Å². The van der Waals surface area contributed by atoms with Crippen LogP contribution in [0, 0.1) is 11.7 Å². The molecule has 9 heteroatoms. The summed E-state index contributed by atoms with van der Waals surface area (Å²) in [6.07, 6.45) is 0.970. The molecule has 2 aromatic carbocycles. The molecule has 0 bridgehead atoms. The molecule has 160 valence electrons. The molecule has 0 aliphatic carbocycles. The topological polar surface area (TPSA) is 95.6 Å². The standard InChI is InChI=1S/C21H24FN3O4S/c1-13(2)14-5-4-6-17(9-14)25-12-15(10-20(25)26)21(27)23-16-7-8-18(22)19(11-16)24-30(3,28)29/h4-9,11,13,15,24H,10,12H2,1-3H3,(H,23,27)/t15-/m1/s1. The highest BCUT2D eigenvalue weighted by Gasteiger charge is 2.35. The van der Waals surface area contributed by atoms with E-state index < -0.39 is 21.8 Å². The third kappa shape index (κ3) is 5.15. The summed E-state index contributed by atoms with van der Waals surface area (Å²) in [7, 11) is -3.67. The fourth-order valence-corrected chi connectivity index (χ4v) is 3.87. The SMILES string of the molecule is CC(C)c1cccc(N2C[C@H](C(=O)Nc3ccc(F)c(NS(C)(=O)=O)c3)CC2=O)c1. The minimum Gasteiger partial charge on any atom is -0.326 e. The maximum Gasteiger partial charge on any atom is 0.229 e. The number of halogens is 1. The number of anilines is 3. The number of amides is 2. The number of benzene rings is 2. The quantitative estimate of drug-likeness (QED) is 0.731. The zero-order valence-corrected chi connectivity index (χ0v) is 17.8. The van der Waals surface area contributed by atoms with Crippen LogP contribution in [-0.2, 0) is 19.6 Å². The summed E-state index contributed by atoms with van der Waals surface area (Å²) in [6.45, 7) is 4.37. The van der Waals surface area contributed by atoms with Crippen molar-refractivity contribution in [3.05, 3.63) is 53.8 Å². The van der Waals surface area contributed by atoms with Crippen molar-refractivity contribution in [3.8, 4) is 0 Å². The maximum absolute atomic E-state index is 13.8. The molecular formula is C21H24FN3O4S. The molecule has 3 rings (SSSR count). The molecule has 7 nitrogen and oxygen atoms in total. The van der Waals surface area contributed by atoms with Gasteiger partial charge in [-0.05, 0) is 41.8 Å². The average molecular weight is 434 g/mol. The average Bonchev–Trinajstić information content (AvgIpc) is 3.05. The molecule has 2 N–H and O–H groups in total. The molecule has 2 amide bonds. The Labute approximate surface area is 175 Å². The Morgan fingerprint density at radius 2 is 1.93 bits per heavy atom. The number of hydrogen-bond acceptors (Lipinski definition) is 4. The molecule has 0 aromatic heterocycles. The van der Waals surface area contributed by atoms with Gasteiger partial charge in [-0.2, -0.15) is 0 Å². The Bertz CT molecular complexity index is 1090. The number of nitrogens with one attached hydrogen (secondary N) is 2. The smallest absolute Gasteiger partial charge is 0.229 e. The van der Waals surface area contributed by atoms with Crippen molar-refractivity contribution in [1.82, 2.24) is 0 Å². The van der Waals surface area contributed by atoms with E-state index in [-0.39, 0.29) is 36.2 Å². The first kappa shape index (κ1) is 21.8. The van der Waals surface area contributed by atoms with Crippen molar-refractivity contribution in [2.45, 2.75) is 26.2 Å². The number of rotatable bonds is 6. The van der Waals surface area contributed by atoms with Gasteiger partial charge in [-0.1, -0.05) is 26.0 Å². The molecule has 2 aromatic rings. The van der Waals surface area contributed by atoms with Crippen LogP contribution >= 0.6 is 0 Å². The normalized spacial score (nSPS) is 16.8. The van der Waals surface area contributed by atoms with Crippen LogP contribution in [0.3, 0.4) is 0 Å². The van der Waals surface area contributed by atoms with E-state index in [9.17, 15) is 22.4 Å². The summed E-state index contributed by atoms with van der Waals surface area (Å²) in [5, 5.41) is 2.64. The highest BCUT2D eigenvalue weighted by molar-refractivity contribution is 7.92. The minimum absolute atomic E-state index is 0.0629. The van der Waals surface area contributed by atoms with Crippen molar-refractivity contribution < 1.29 is 22.4 Å². The molecule has 0 saturated carbocycles. The number of nitrogens with zero attached hydrogens (tertiary/aromatic N) is 1. The molecule has 1 aliphatic rings. The molecule has 1 atom stereocenters. The summed E-state index contributed by atoms with van der Waals surface area (Å²) in [6, 6.07) is 11.3. The maximum atomic E-state index is 13.8. The van der Waals surface area contributed by atoms with E-state index in [2.05, 4.69) is 23.9 Å². The van der Waals surface area contributed by atoms with Crippen LogP contribution in [0.4, 0.5) is 21.5 Å². The van der Waals surface area contributed by atoms with Gasteiger partial charge < -0.3 is 10.2 Å². The highest BCUT2D eigenvalue weighted by Crippen LogP contribution is 2.29. The van der Waals surface area contributed by atoms with Crippen molar-refractivity contribution in [1.29, 1.82) is 0 Å². The second-order valence-corrected chi connectivity index (χ2v) is 9.46. The minimum atomic E-state index is -3.67. The van der Waals surface area contributed by atoms with Crippen molar-refractivity contribution in [2.75, 3.05) is 27.7 Å². The molecule has 1 aliphatic heterocycles. The number of hydrogen-bond donors (Lipinski definition) is 2. The molecular weight excluding hydrogens is 409 g/mol. The molecule has 0 radical (unpaired) electrons. The van der Waals surface area contributed by atoms with Crippen molar-refractivity contribution in [3.63, 3.8) is 0 Å². The number of carbonyl (C=O) groups is 2. The van der Waals surface area contributed by atoms with Gasteiger partial charge in [0.15, 0.2) is 0 Å². The van der Waals surface area contributed by atoms with Gasteiger partial charge in [0.25, 0.3) is 0 Å². The first-order valence-corrected chi connectivity index (χ1v) is 11.4. The van der Waals surface area contributed by atoms with Gasteiger partial charge in [-0.15, -0.1) is 0 Å². The monoisotopic (exact) mass is 433 g/mol. The van der Waals surface area contributed by atoms with E-state index in [0.717, 1.165) is 23.6 Å². The highest BCUT2D eigenvalue weighted by atomic mass is 32.2. The first-order chi connectivity index (χ1) is 14.0. The lowest BCUT2D eigenvalue weighted by atomic mass is 10.0. The molecule has 0 unspecified atom stereocenters. The summed E-state index contributed by atoms with van der Waals surface area (Å²) < 4.78 is 38.6. The molecule has 1 fully saturated rings. The zero-order chi connectivity index (χ0) is 22.1. The van der Waals surface area contributed by atoms with Crippen LogP contribution in [0.1, 0.15) is 31.7 Å². The van der Waals surface area contributed by atoms with Gasteiger partial charge in [0.1, 0.15) is 5.82 Å². The third-order valence-corrected chi connectivity index (χ3v) is 5.46. The fraction of sp³-hybridized carbons (Fsp3) is 0.333. The van der Waals surface area contributed by atoms with E-state index in [1.165, 1.54) is 12.1 Å². The predicted octanol–water partition coefficient (Wildman–Crippen LogP) is 3.31. The van der Waals surface area contributed by atoms with Gasteiger partial charge in [0.2, 0.25) is 21.8 Å².